The van der Waals surface area contributed by atoms with Crippen molar-refractivity contribution in [1.82, 2.24) is 0 Å². The lowest BCUT2D eigenvalue weighted by Crippen LogP contribution is -2.25. The molecule has 1 saturated heterocycles. The number of carbonyl (C=O) groups excluding carboxylic acids is 1. The van der Waals surface area contributed by atoms with E-state index in [0.29, 0.717) is 18.0 Å². The van der Waals surface area contributed by atoms with Crippen LogP contribution < -0.4 is 10.6 Å². The molecule has 3 nitrogen and oxygen atoms in total. The molecule has 0 spiro atoms. The Hall–Kier alpha value is -1.06. The molecule has 80 valence electrons. The lowest BCUT2D eigenvalue weighted by molar-refractivity contribution is -0.117. The van der Waals surface area contributed by atoms with E-state index in [9.17, 15) is 4.79 Å². The number of hydrogen-bond acceptors (Lipinski definition) is 2. The van der Waals surface area contributed by atoms with Crippen molar-refractivity contribution in [3.8, 4) is 0 Å². The SMILES string of the molecule is NCC1CC(=O)N(c2ccc(Cl)cc2)C1. The molecule has 1 aliphatic rings. The number of halogens is 1. The lowest BCUT2D eigenvalue weighted by atomic mass is 10.1. The molecule has 2 rings (SSSR count). The number of carbonyl (C=O) groups is 1. The molecule has 15 heavy (non-hydrogen) atoms. The first-order valence-corrected chi connectivity index (χ1v) is 5.34. The summed E-state index contributed by atoms with van der Waals surface area (Å²) in [6, 6.07) is 7.30. The Morgan fingerprint density at radius 2 is 2.07 bits per heavy atom. The molecule has 0 saturated carbocycles. The Bertz CT molecular complexity index is 363. The zero-order chi connectivity index (χ0) is 10.8. The maximum atomic E-state index is 11.7. The smallest absolute Gasteiger partial charge is 0.227 e. The number of nitrogens with zero attached hydrogens (tertiary/aromatic N) is 1. The van der Waals surface area contributed by atoms with E-state index >= 15 is 0 Å². The van der Waals surface area contributed by atoms with Crippen LogP contribution in [0.25, 0.3) is 0 Å². The Kier molecular flexibility index (Phi) is 2.93. The molecule has 1 fully saturated rings. The molecule has 1 atom stereocenters. The number of hydrogen-bond donors (Lipinski definition) is 1. The normalized spacial score (nSPS) is 21.1. The average molecular weight is 225 g/mol. The molecule has 1 aliphatic heterocycles. The van der Waals surface area contributed by atoms with E-state index in [2.05, 4.69) is 0 Å². The first kappa shape index (κ1) is 10.5. The third-order valence-electron chi connectivity index (χ3n) is 2.68. The second kappa shape index (κ2) is 4.21. The van der Waals surface area contributed by atoms with E-state index in [1.165, 1.54) is 0 Å². The molecule has 1 aromatic rings. The summed E-state index contributed by atoms with van der Waals surface area (Å²) < 4.78 is 0. The van der Waals surface area contributed by atoms with E-state index < -0.39 is 0 Å². The van der Waals surface area contributed by atoms with Gasteiger partial charge in [-0.1, -0.05) is 11.6 Å². The molecule has 1 aromatic carbocycles. The Balaban J connectivity index is 2.18. The van der Waals surface area contributed by atoms with Gasteiger partial charge in [-0.2, -0.15) is 0 Å². The molecular weight excluding hydrogens is 212 g/mol. The van der Waals surface area contributed by atoms with Crippen molar-refractivity contribution in [1.29, 1.82) is 0 Å². The molecule has 0 radical (unpaired) electrons. The summed E-state index contributed by atoms with van der Waals surface area (Å²) >= 11 is 5.79. The summed E-state index contributed by atoms with van der Waals surface area (Å²) in [6.07, 6.45) is 0.555. The van der Waals surface area contributed by atoms with E-state index in [0.717, 1.165) is 12.2 Å². The molecule has 1 unspecified atom stereocenters. The first-order valence-electron chi connectivity index (χ1n) is 4.96. The van der Waals surface area contributed by atoms with Gasteiger partial charge in [-0.3, -0.25) is 4.79 Å². The molecule has 1 amide bonds. The van der Waals surface area contributed by atoms with Crippen LogP contribution in [-0.4, -0.2) is 19.0 Å². The van der Waals surface area contributed by atoms with Crippen LogP contribution in [0.2, 0.25) is 5.02 Å². The molecule has 2 N–H and O–H groups in total. The highest BCUT2D eigenvalue weighted by molar-refractivity contribution is 6.30. The summed E-state index contributed by atoms with van der Waals surface area (Å²) in [5, 5.41) is 0.681. The van der Waals surface area contributed by atoms with E-state index in [1.807, 2.05) is 12.1 Å². The van der Waals surface area contributed by atoms with Gasteiger partial charge in [0.25, 0.3) is 0 Å². The van der Waals surface area contributed by atoms with Crippen molar-refractivity contribution < 1.29 is 4.79 Å². The maximum absolute atomic E-state index is 11.7. The van der Waals surface area contributed by atoms with Crippen molar-refractivity contribution in [2.24, 2.45) is 11.7 Å². The van der Waals surface area contributed by atoms with Crippen LogP contribution in [0.5, 0.6) is 0 Å². The minimum Gasteiger partial charge on any atom is -0.330 e. The highest BCUT2D eigenvalue weighted by Crippen LogP contribution is 2.25. The summed E-state index contributed by atoms with van der Waals surface area (Å²) in [5.41, 5.74) is 6.46. The van der Waals surface area contributed by atoms with Crippen LogP contribution in [-0.2, 0) is 4.79 Å². The van der Waals surface area contributed by atoms with Crippen LogP contribution in [0.1, 0.15) is 6.42 Å². The number of anilines is 1. The third kappa shape index (κ3) is 2.13. The molecular formula is C11H13ClN2O. The second-order valence-electron chi connectivity index (χ2n) is 3.79. The van der Waals surface area contributed by atoms with Gasteiger partial charge in [-0.05, 0) is 36.7 Å². The van der Waals surface area contributed by atoms with Gasteiger partial charge >= 0.3 is 0 Å². The molecule has 0 aromatic heterocycles. The molecule has 0 aliphatic carbocycles. The van der Waals surface area contributed by atoms with Crippen LogP contribution in [0.15, 0.2) is 24.3 Å². The van der Waals surface area contributed by atoms with Crippen molar-refractivity contribution in [2.45, 2.75) is 6.42 Å². The predicted molar refractivity (Wildman–Crippen MR) is 61.0 cm³/mol. The van der Waals surface area contributed by atoms with Crippen molar-refractivity contribution in [3.63, 3.8) is 0 Å². The van der Waals surface area contributed by atoms with Gasteiger partial charge in [0.15, 0.2) is 0 Å². The summed E-state index contributed by atoms with van der Waals surface area (Å²) in [4.78, 5) is 13.4. The topological polar surface area (TPSA) is 46.3 Å². The zero-order valence-electron chi connectivity index (χ0n) is 8.32. The number of rotatable bonds is 2. The fourth-order valence-corrected chi connectivity index (χ4v) is 1.94. The van der Waals surface area contributed by atoms with Gasteiger partial charge in [0.2, 0.25) is 5.91 Å². The van der Waals surface area contributed by atoms with Crippen LogP contribution in [0.4, 0.5) is 5.69 Å². The third-order valence-corrected chi connectivity index (χ3v) is 2.93. The summed E-state index contributed by atoms with van der Waals surface area (Å²) in [5.74, 6) is 0.431. The van der Waals surface area contributed by atoms with Crippen molar-refractivity contribution in [3.05, 3.63) is 29.3 Å². The maximum Gasteiger partial charge on any atom is 0.227 e. The van der Waals surface area contributed by atoms with Crippen LogP contribution >= 0.6 is 11.6 Å². The molecule has 4 heteroatoms. The summed E-state index contributed by atoms with van der Waals surface area (Å²) in [7, 11) is 0. The van der Waals surface area contributed by atoms with Gasteiger partial charge in [0.05, 0.1) is 0 Å². The Labute approximate surface area is 93.8 Å². The zero-order valence-corrected chi connectivity index (χ0v) is 9.07. The highest BCUT2D eigenvalue weighted by atomic mass is 35.5. The first-order chi connectivity index (χ1) is 7.20. The second-order valence-corrected chi connectivity index (χ2v) is 4.22. The number of amides is 1. The largest absolute Gasteiger partial charge is 0.330 e. The molecule has 1 heterocycles. The van der Waals surface area contributed by atoms with E-state index in [1.54, 1.807) is 17.0 Å². The van der Waals surface area contributed by atoms with Gasteiger partial charge in [0, 0.05) is 23.7 Å². The standard InChI is InChI=1S/C11H13ClN2O/c12-9-1-3-10(4-2-9)14-7-8(6-13)5-11(14)15/h1-4,8H,5-7,13H2. The van der Waals surface area contributed by atoms with Crippen molar-refractivity contribution in [2.75, 3.05) is 18.0 Å². The van der Waals surface area contributed by atoms with Gasteiger partial charge in [-0.25, -0.2) is 0 Å². The van der Waals surface area contributed by atoms with E-state index in [-0.39, 0.29) is 11.8 Å². The van der Waals surface area contributed by atoms with Crippen LogP contribution in [0.3, 0.4) is 0 Å². The highest BCUT2D eigenvalue weighted by Gasteiger charge is 2.29. The lowest BCUT2D eigenvalue weighted by Gasteiger charge is -2.16. The monoisotopic (exact) mass is 224 g/mol. The van der Waals surface area contributed by atoms with Gasteiger partial charge in [0.1, 0.15) is 0 Å². The fraction of sp³-hybridized carbons (Fsp3) is 0.364. The fourth-order valence-electron chi connectivity index (χ4n) is 1.81. The number of benzene rings is 1. The average Bonchev–Trinajstić information content (AvgIpc) is 2.61. The Morgan fingerprint density at radius 3 is 2.60 bits per heavy atom. The van der Waals surface area contributed by atoms with Crippen LogP contribution in [0, 0.1) is 5.92 Å². The quantitative estimate of drug-likeness (QED) is 0.831. The van der Waals surface area contributed by atoms with Gasteiger partial charge < -0.3 is 10.6 Å². The van der Waals surface area contributed by atoms with Gasteiger partial charge in [-0.15, -0.1) is 0 Å². The molecule has 0 bridgehead atoms. The predicted octanol–water partition coefficient (Wildman–Crippen LogP) is 1.65. The number of nitrogens with two attached hydrogens (primary N) is 1. The minimum absolute atomic E-state index is 0.146. The summed E-state index contributed by atoms with van der Waals surface area (Å²) in [6.45, 7) is 1.28. The Morgan fingerprint density at radius 1 is 1.40 bits per heavy atom. The minimum atomic E-state index is 0.146. The van der Waals surface area contributed by atoms with E-state index in [4.69, 9.17) is 17.3 Å². The van der Waals surface area contributed by atoms with Crippen molar-refractivity contribution >= 4 is 23.2 Å².